The van der Waals surface area contributed by atoms with E-state index >= 15 is 0 Å². The van der Waals surface area contributed by atoms with Crippen LogP contribution in [0, 0.1) is 6.92 Å². The van der Waals surface area contributed by atoms with Crippen LogP contribution in [0.15, 0.2) is 51.9 Å². The minimum atomic E-state index is -0.524. The topological polar surface area (TPSA) is 104 Å². The molecule has 0 radical (unpaired) electrons. The number of fused-ring (bicyclic) bond motifs is 5. The second-order valence-electron chi connectivity index (χ2n) is 8.93. The summed E-state index contributed by atoms with van der Waals surface area (Å²) in [5.41, 5.74) is 5.61. The molecule has 0 aliphatic carbocycles. The first-order valence-corrected chi connectivity index (χ1v) is 12.1. The van der Waals surface area contributed by atoms with Crippen molar-refractivity contribution in [3.05, 3.63) is 63.9 Å². The molecule has 3 aromatic heterocycles. The van der Waals surface area contributed by atoms with Crippen LogP contribution in [-0.2, 0) is 0 Å². The highest BCUT2D eigenvalue weighted by atomic mass is 35.5. The van der Waals surface area contributed by atoms with Gasteiger partial charge >= 0.3 is 5.76 Å². The van der Waals surface area contributed by atoms with Crippen LogP contribution in [0.5, 0.6) is 0 Å². The van der Waals surface area contributed by atoms with E-state index in [2.05, 4.69) is 35.5 Å². The van der Waals surface area contributed by atoms with Crippen LogP contribution in [0.25, 0.3) is 11.1 Å². The molecule has 2 bridgehead atoms. The Morgan fingerprint density at radius 2 is 1.91 bits per heavy atom. The lowest BCUT2D eigenvalue weighted by atomic mass is 10.1. The lowest BCUT2D eigenvalue weighted by Gasteiger charge is -2.32. The van der Waals surface area contributed by atoms with Gasteiger partial charge in [-0.1, -0.05) is 23.7 Å². The zero-order valence-electron chi connectivity index (χ0n) is 19.2. The standard InChI is InChI=1S/C24H25ClN8O2/c1-15-13-27-23(29-21(15)30-33-19-4-2-3-5-20(19)35-24(33)34)28-16-12-18(25)22(26-14-16)32-11-10-31-8-6-17(32)7-9-31/h2-5,12-14,17H,6-11H2,1H3,(H2,27,28,29,30). The fraction of sp³-hybridized carbons (Fsp3) is 0.333. The third-order valence-electron chi connectivity index (χ3n) is 6.68. The maximum Gasteiger partial charge on any atom is 0.439 e. The highest BCUT2D eigenvalue weighted by Crippen LogP contribution is 2.32. The number of hydrogen-bond donors (Lipinski definition) is 2. The smallest absolute Gasteiger partial charge is 0.406 e. The number of pyridine rings is 1. The number of piperidine rings is 1. The second kappa shape index (κ2) is 8.86. The van der Waals surface area contributed by atoms with E-state index in [1.54, 1.807) is 24.5 Å². The number of aromatic nitrogens is 4. The predicted octanol–water partition coefficient (Wildman–Crippen LogP) is 3.64. The summed E-state index contributed by atoms with van der Waals surface area (Å²) in [7, 11) is 0. The Hall–Kier alpha value is -3.63. The number of nitrogens with one attached hydrogen (secondary N) is 2. The first-order chi connectivity index (χ1) is 17.0. The summed E-state index contributed by atoms with van der Waals surface area (Å²) in [4.78, 5) is 30.8. The van der Waals surface area contributed by atoms with Crippen molar-refractivity contribution in [2.45, 2.75) is 25.8 Å². The van der Waals surface area contributed by atoms with Crippen LogP contribution in [0.1, 0.15) is 18.4 Å². The molecular weight excluding hydrogens is 468 g/mol. The van der Waals surface area contributed by atoms with Gasteiger partial charge in [0.1, 0.15) is 11.3 Å². The Morgan fingerprint density at radius 1 is 1.09 bits per heavy atom. The van der Waals surface area contributed by atoms with E-state index in [0.717, 1.165) is 50.4 Å². The van der Waals surface area contributed by atoms with Crippen LogP contribution in [0.3, 0.4) is 0 Å². The van der Waals surface area contributed by atoms with Gasteiger partial charge in [0, 0.05) is 44.0 Å². The minimum absolute atomic E-state index is 0.353. The quantitative estimate of drug-likeness (QED) is 0.432. The molecule has 0 unspecified atom stereocenters. The number of aryl methyl sites for hydroxylation is 1. The van der Waals surface area contributed by atoms with Gasteiger partial charge in [-0.15, -0.1) is 0 Å². The maximum atomic E-state index is 12.3. The summed E-state index contributed by atoms with van der Waals surface area (Å²) in [6.07, 6.45) is 5.71. The van der Waals surface area contributed by atoms with Crippen molar-refractivity contribution >= 4 is 46.0 Å². The van der Waals surface area contributed by atoms with Crippen molar-refractivity contribution in [2.75, 3.05) is 41.8 Å². The highest BCUT2D eigenvalue weighted by Gasteiger charge is 2.30. The van der Waals surface area contributed by atoms with Crippen molar-refractivity contribution in [1.29, 1.82) is 0 Å². The van der Waals surface area contributed by atoms with Gasteiger partial charge in [0.25, 0.3) is 0 Å². The number of hydrogen-bond acceptors (Lipinski definition) is 9. The normalized spacial score (nSPS) is 19.7. The SMILES string of the molecule is Cc1cnc(Nc2cnc(N3CCN4CCC3CC4)c(Cl)c2)nc1Nn1c(=O)oc2ccccc21. The summed E-state index contributed by atoms with van der Waals surface area (Å²) in [6, 6.07) is 9.52. The van der Waals surface area contributed by atoms with E-state index in [4.69, 9.17) is 16.0 Å². The zero-order chi connectivity index (χ0) is 23.9. The van der Waals surface area contributed by atoms with Crippen molar-refractivity contribution in [1.82, 2.24) is 24.5 Å². The van der Waals surface area contributed by atoms with E-state index in [-0.39, 0.29) is 0 Å². The van der Waals surface area contributed by atoms with Crippen LogP contribution in [0.4, 0.5) is 23.3 Å². The largest absolute Gasteiger partial charge is 0.439 e. The molecule has 11 heteroatoms. The Balaban J connectivity index is 1.24. The number of halogens is 1. The van der Waals surface area contributed by atoms with Crippen LogP contribution < -0.4 is 21.4 Å². The second-order valence-corrected chi connectivity index (χ2v) is 9.34. The van der Waals surface area contributed by atoms with Gasteiger partial charge in [-0.2, -0.15) is 9.66 Å². The monoisotopic (exact) mass is 492 g/mol. The van der Waals surface area contributed by atoms with Crippen molar-refractivity contribution < 1.29 is 4.42 Å². The number of para-hydroxylation sites is 2. The van der Waals surface area contributed by atoms with Gasteiger partial charge in [-0.3, -0.25) is 5.43 Å². The number of benzene rings is 1. The molecule has 0 spiro atoms. The van der Waals surface area contributed by atoms with Gasteiger partial charge in [0.2, 0.25) is 5.95 Å². The molecule has 0 saturated carbocycles. The molecule has 4 aromatic rings. The molecule has 10 nitrogen and oxygen atoms in total. The molecule has 35 heavy (non-hydrogen) atoms. The summed E-state index contributed by atoms with van der Waals surface area (Å²) < 4.78 is 6.62. The molecular formula is C24H25ClN8O2. The fourth-order valence-corrected chi connectivity index (χ4v) is 5.07. The lowest BCUT2D eigenvalue weighted by molar-refractivity contribution is 0.250. The van der Waals surface area contributed by atoms with Crippen LogP contribution in [-0.4, -0.2) is 56.7 Å². The third kappa shape index (κ3) is 4.19. The molecule has 0 amide bonds. The van der Waals surface area contributed by atoms with Crippen LogP contribution in [0.2, 0.25) is 5.02 Å². The molecule has 2 N–H and O–H groups in total. The first kappa shape index (κ1) is 21.9. The zero-order valence-corrected chi connectivity index (χ0v) is 20.0. The molecule has 6 heterocycles. The van der Waals surface area contributed by atoms with Gasteiger partial charge < -0.3 is 19.5 Å². The number of rotatable bonds is 5. The molecule has 180 valence electrons. The molecule has 3 saturated heterocycles. The molecule has 7 rings (SSSR count). The highest BCUT2D eigenvalue weighted by molar-refractivity contribution is 6.33. The Labute approximate surface area is 206 Å². The molecule has 3 fully saturated rings. The Morgan fingerprint density at radius 3 is 2.74 bits per heavy atom. The summed E-state index contributed by atoms with van der Waals surface area (Å²) >= 11 is 6.68. The predicted molar refractivity (Wildman–Crippen MR) is 136 cm³/mol. The van der Waals surface area contributed by atoms with E-state index < -0.39 is 5.76 Å². The van der Waals surface area contributed by atoms with Crippen molar-refractivity contribution in [3.63, 3.8) is 0 Å². The lowest BCUT2D eigenvalue weighted by Crippen LogP contribution is -2.38. The average molecular weight is 493 g/mol. The van der Waals surface area contributed by atoms with Crippen molar-refractivity contribution in [3.8, 4) is 0 Å². The molecule has 0 atom stereocenters. The fourth-order valence-electron chi connectivity index (χ4n) is 4.80. The van der Waals surface area contributed by atoms with Crippen molar-refractivity contribution in [2.24, 2.45) is 0 Å². The number of nitrogens with zero attached hydrogens (tertiary/aromatic N) is 6. The molecule has 3 aliphatic heterocycles. The molecule has 1 aromatic carbocycles. The van der Waals surface area contributed by atoms with Gasteiger partial charge in [-0.05, 0) is 38.0 Å². The van der Waals surface area contributed by atoms with E-state index in [1.165, 1.54) is 4.68 Å². The summed E-state index contributed by atoms with van der Waals surface area (Å²) in [5.74, 6) is 1.13. The average Bonchev–Trinajstić information content (AvgIpc) is 2.99. The third-order valence-corrected chi connectivity index (χ3v) is 6.96. The number of anilines is 4. The summed E-state index contributed by atoms with van der Waals surface area (Å²) in [5, 5.41) is 3.77. The summed E-state index contributed by atoms with van der Waals surface area (Å²) in [6.45, 7) is 6.11. The molecule has 3 aliphatic rings. The minimum Gasteiger partial charge on any atom is -0.406 e. The maximum absolute atomic E-state index is 12.3. The van der Waals surface area contributed by atoms with Gasteiger partial charge in [-0.25, -0.2) is 14.8 Å². The van der Waals surface area contributed by atoms with Gasteiger partial charge in [0.15, 0.2) is 11.4 Å². The van der Waals surface area contributed by atoms with Gasteiger partial charge in [0.05, 0.1) is 16.9 Å². The first-order valence-electron chi connectivity index (χ1n) is 11.7. The van der Waals surface area contributed by atoms with E-state index in [9.17, 15) is 4.79 Å². The van der Waals surface area contributed by atoms with E-state index in [1.807, 2.05) is 25.1 Å². The van der Waals surface area contributed by atoms with E-state index in [0.29, 0.717) is 39.6 Å². The number of oxazole rings is 1. The Kier molecular flexibility index (Phi) is 5.54. The van der Waals surface area contributed by atoms with Crippen LogP contribution >= 0.6 is 11.6 Å². The Bertz CT molecular complexity index is 1440.